The number of hydrogen-bond donors (Lipinski definition) is 0. The molecule has 0 radical (unpaired) electrons. The highest BCUT2D eigenvalue weighted by atomic mass is 35.5. The first kappa shape index (κ1) is 12.7. The van der Waals surface area contributed by atoms with Crippen LogP contribution in [0.1, 0.15) is 6.92 Å². The van der Waals surface area contributed by atoms with E-state index in [-0.39, 0.29) is 24.1 Å². The predicted molar refractivity (Wildman–Crippen MR) is 68.6 cm³/mol. The molecule has 2 heterocycles. The summed E-state index contributed by atoms with van der Waals surface area (Å²) < 4.78 is 21.1. The third-order valence-electron chi connectivity index (χ3n) is 2.39. The molecule has 0 spiro atoms. The lowest BCUT2D eigenvalue weighted by Crippen LogP contribution is -2.01. The minimum atomic E-state index is -0.000747. The minimum absolute atomic E-state index is 0.000747. The van der Waals surface area contributed by atoms with Crippen molar-refractivity contribution in [1.82, 2.24) is 15.0 Å². The van der Waals surface area contributed by atoms with Crippen molar-refractivity contribution in [3.05, 3.63) is 23.5 Å². The maximum absolute atomic E-state index is 5.78. The van der Waals surface area contributed by atoms with Gasteiger partial charge < -0.3 is 18.9 Å². The molecule has 8 heteroatoms. The van der Waals surface area contributed by atoms with Gasteiger partial charge in [-0.2, -0.15) is 9.97 Å². The van der Waals surface area contributed by atoms with Crippen molar-refractivity contribution in [3.8, 4) is 29.3 Å². The summed E-state index contributed by atoms with van der Waals surface area (Å²) in [4.78, 5) is 11.7. The van der Waals surface area contributed by atoms with Gasteiger partial charge in [-0.3, -0.25) is 0 Å². The molecule has 0 bridgehead atoms. The van der Waals surface area contributed by atoms with Gasteiger partial charge in [-0.25, -0.2) is 0 Å². The summed E-state index contributed by atoms with van der Waals surface area (Å²) in [7, 11) is 0. The van der Waals surface area contributed by atoms with Crippen LogP contribution in [-0.2, 0) is 0 Å². The Morgan fingerprint density at radius 2 is 1.95 bits per heavy atom. The van der Waals surface area contributed by atoms with E-state index in [0.29, 0.717) is 23.9 Å². The first-order valence-electron chi connectivity index (χ1n) is 5.86. The van der Waals surface area contributed by atoms with Crippen LogP contribution in [0.2, 0.25) is 5.28 Å². The van der Waals surface area contributed by atoms with Crippen LogP contribution in [0.4, 0.5) is 0 Å². The summed E-state index contributed by atoms with van der Waals surface area (Å²) in [5, 5.41) is -0.000747. The van der Waals surface area contributed by atoms with Crippen LogP contribution in [0.15, 0.2) is 18.2 Å². The number of halogens is 1. The highest BCUT2D eigenvalue weighted by Gasteiger charge is 2.15. The minimum Gasteiger partial charge on any atom is -0.464 e. The van der Waals surface area contributed by atoms with Crippen LogP contribution >= 0.6 is 11.6 Å². The van der Waals surface area contributed by atoms with Gasteiger partial charge in [0.05, 0.1) is 6.61 Å². The molecule has 0 amide bonds. The summed E-state index contributed by atoms with van der Waals surface area (Å²) in [6.45, 7) is 2.44. The van der Waals surface area contributed by atoms with Crippen molar-refractivity contribution < 1.29 is 18.9 Å². The molecule has 20 heavy (non-hydrogen) atoms. The number of aromatic nitrogens is 3. The Hall–Kier alpha value is -2.28. The average molecular weight is 296 g/mol. The zero-order chi connectivity index (χ0) is 13.9. The fourth-order valence-corrected chi connectivity index (χ4v) is 1.74. The third-order valence-corrected chi connectivity index (χ3v) is 2.56. The van der Waals surface area contributed by atoms with Crippen molar-refractivity contribution in [2.45, 2.75) is 6.92 Å². The van der Waals surface area contributed by atoms with Crippen LogP contribution in [0, 0.1) is 0 Å². The second kappa shape index (κ2) is 5.38. The lowest BCUT2D eigenvalue weighted by molar-refractivity contribution is 0.174. The van der Waals surface area contributed by atoms with Crippen molar-refractivity contribution >= 4 is 11.6 Å². The Labute approximate surface area is 119 Å². The van der Waals surface area contributed by atoms with Crippen molar-refractivity contribution in [1.29, 1.82) is 0 Å². The molecular formula is C12H10ClN3O4. The SMILES string of the molecule is CCOc1nc(Cl)nc(Oc2ccc3c(c2)OCO3)n1. The quantitative estimate of drug-likeness (QED) is 0.857. The van der Waals surface area contributed by atoms with E-state index in [4.69, 9.17) is 30.5 Å². The highest BCUT2D eigenvalue weighted by Crippen LogP contribution is 2.36. The fraction of sp³-hybridized carbons (Fsp3) is 0.250. The number of nitrogens with zero attached hydrogens (tertiary/aromatic N) is 3. The average Bonchev–Trinajstić information content (AvgIpc) is 2.85. The van der Waals surface area contributed by atoms with Crippen molar-refractivity contribution in [2.75, 3.05) is 13.4 Å². The van der Waals surface area contributed by atoms with Crippen molar-refractivity contribution in [2.24, 2.45) is 0 Å². The Kier molecular flexibility index (Phi) is 3.42. The van der Waals surface area contributed by atoms with E-state index in [1.165, 1.54) is 0 Å². The van der Waals surface area contributed by atoms with E-state index in [0.717, 1.165) is 0 Å². The highest BCUT2D eigenvalue weighted by molar-refractivity contribution is 6.28. The van der Waals surface area contributed by atoms with Gasteiger partial charge in [-0.05, 0) is 30.7 Å². The van der Waals surface area contributed by atoms with E-state index in [1.54, 1.807) is 18.2 Å². The maximum Gasteiger partial charge on any atom is 0.329 e. The Balaban J connectivity index is 1.83. The molecule has 3 rings (SSSR count). The monoisotopic (exact) mass is 295 g/mol. The standard InChI is InChI=1S/C12H10ClN3O4/c1-2-17-11-14-10(13)15-12(16-11)20-7-3-4-8-9(5-7)19-6-18-8/h3-5H,2,6H2,1H3. The van der Waals surface area contributed by atoms with Crippen LogP contribution < -0.4 is 18.9 Å². The fourth-order valence-electron chi connectivity index (χ4n) is 1.60. The van der Waals surface area contributed by atoms with Gasteiger partial charge in [0.2, 0.25) is 12.1 Å². The molecule has 1 aliphatic rings. The van der Waals surface area contributed by atoms with Gasteiger partial charge in [0.1, 0.15) is 5.75 Å². The van der Waals surface area contributed by atoms with E-state index in [1.807, 2.05) is 6.92 Å². The molecule has 7 nitrogen and oxygen atoms in total. The van der Waals surface area contributed by atoms with E-state index in [9.17, 15) is 0 Å². The number of ether oxygens (including phenoxy) is 4. The van der Waals surface area contributed by atoms with Crippen LogP contribution in [0.3, 0.4) is 0 Å². The molecule has 0 saturated heterocycles. The van der Waals surface area contributed by atoms with Crippen LogP contribution in [0.5, 0.6) is 29.3 Å². The molecule has 1 aromatic carbocycles. The largest absolute Gasteiger partial charge is 0.464 e. The predicted octanol–water partition coefficient (Wildman–Crippen LogP) is 2.44. The summed E-state index contributed by atoms with van der Waals surface area (Å²) >= 11 is 5.78. The first-order valence-corrected chi connectivity index (χ1v) is 6.24. The second-order valence-electron chi connectivity index (χ2n) is 3.72. The molecular weight excluding hydrogens is 286 g/mol. The number of hydrogen-bond acceptors (Lipinski definition) is 7. The summed E-state index contributed by atoms with van der Waals surface area (Å²) in [6, 6.07) is 5.30. The third kappa shape index (κ3) is 2.67. The normalized spacial score (nSPS) is 12.3. The molecule has 0 saturated carbocycles. The van der Waals surface area contributed by atoms with Crippen molar-refractivity contribution in [3.63, 3.8) is 0 Å². The Morgan fingerprint density at radius 1 is 1.15 bits per heavy atom. The maximum atomic E-state index is 5.78. The lowest BCUT2D eigenvalue weighted by atomic mass is 10.3. The van der Waals surface area contributed by atoms with Gasteiger partial charge in [0, 0.05) is 6.07 Å². The number of benzene rings is 1. The molecule has 1 aromatic heterocycles. The molecule has 2 aromatic rings. The molecule has 0 fully saturated rings. The van der Waals surface area contributed by atoms with Gasteiger partial charge in [0.25, 0.3) is 0 Å². The number of rotatable bonds is 4. The van der Waals surface area contributed by atoms with Gasteiger partial charge >= 0.3 is 12.0 Å². The Morgan fingerprint density at radius 3 is 2.80 bits per heavy atom. The van der Waals surface area contributed by atoms with Gasteiger partial charge in [-0.15, -0.1) is 4.98 Å². The first-order chi connectivity index (χ1) is 9.74. The van der Waals surface area contributed by atoms with Crippen LogP contribution in [-0.4, -0.2) is 28.4 Å². The number of fused-ring (bicyclic) bond motifs is 1. The van der Waals surface area contributed by atoms with E-state index < -0.39 is 0 Å². The summed E-state index contributed by atoms with van der Waals surface area (Å²) in [6.07, 6.45) is 0. The van der Waals surface area contributed by atoms with Crippen LogP contribution in [0.25, 0.3) is 0 Å². The Bertz CT molecular complexity index is 638. The summed E-state index contributed by atoms with van der Waals surface area (Å²) in [5.41, 5.74) is 0. The summed E-state index contributed by atoms with van der Waals surface area (Å²) in [5.74, 6) is 1.77. The molecule has 0 aliphatic carbocycles. The zero-order valence-electron chi connectivity index (χ0n) is 10.5. The smallest absolute Gasteiger partial charge is 0.329 e. The molecule has 0 N–H and O–H groups in total. The van der Waals surface area contributed by atoms with E-state index >= 15 is 0 Å². The molecule has 1 aliphatic heterocycles. The molecule has 0 unspecified atom stereocenters. The topological polar surface area (TPSA) is 75.6 Å². The van der Waals surface area contributed by atoms with E-state index in [2.05, 4.69) is 15.0 Å². The molecule has 104 valence electrons. The van der Waals surface area contributed by atoms with Gasteiger partial charge in [0.15, 0.2) is 11.5 Å². The zero-order valence-corrected chi connectivity index (χ0v) is 11.3. The molecule has 0 atom stereocenters. The lowest BCUT2D eigenvalue weighted by Gasteiger charge is -2.06. The van der Waals surface area contributed by atoms with Gasteiger partial charge in [-0.1, -0.05) is 0 Å². The second-order valence-corrected chi connectivity index (χ2v) is 4.06.